The third-order valence-corrected chi connectivity index (χ3v) is 2.41. The maximum Gasteiger partial charge on any atom is 0.347 e. The number of hydrogen-bond acceptors (Lipinski definition) is 4. The van der Waals surface area contributed by atoms with Gasteiger partial charge in [-0.25, -0.2) is 4.79 Å². The molecule has 4 nitrogen and oxygen atoms in total. The summed E-state index contributed by atoms with van der Waals surface area (Å²) >= 11 is 0. The van der Waals surface area contributed by atoms with Gasteiger partial charge in [0.2, 0.25) is 0 Å². The van der Waals surface area contributed by atoms with E-state index >= 15 is 0 Å². The summed E-state index contributed by atoms with van der Waals surface area (Å²) in [4.78, 5) is 22.8. The summed E-state index contributed by atoms with van der Waals surface area (Å²) < 4.78 is 10.3. The smallest absolute Gasteiger partial charge is 0.347 e. The number of ketones is 1. The molecule has 2 rings (SSSR count). The van der Waals surface area contributed by atoms with Crippen LogP contribution in [0.1, 0.15) is 17.3 Å². The molecule has 1 aromatic carbocycles. The Labute approximate surface area is 103 Å². The van der Waals surface area contributed by atoms with Crippen molar-refractivity contribution in [1.82, 2.24) is 0 Å². The molecule has 0 aliphatic heterocycles. The minimum atomic E-state index is -0.649. The maximum atomic E-state index is 11.5. The minimum Gasteiger partial charge on any atom is -0.481 e. The van der Waals surface area contributed by atoms with Crippen LogP contribution >= 0.6 is 0 Å². The van der Waals surface area contributed by atoms with Gasteiger partial charge in [-0.1, -0.05) is 5.92 Å². The van der Waals surface area contributed by atoms with Gasteiger partial charge in [0, 0.05) is 11.5 Å². The maximum absolute atomic E-state index is 11.5. The molecule has 0 radical (unpaired) electrons. The normalized spacial score (nSPS) is 10.0. The molecular weight excluding hydrogens is 232 g/mol. The van der Waals surface area contributed by atoms with Crippen molar-refractivity contribution < 1.29 is 13.9 Å². The van der Waals surface area contributed by atoms with Crippen molar-refractivity contribution in [2.24, 2.45) is 0 Å². The second-order valence-corrected chi connectivity index (χ2v) is 3.70. The average Bonchev–Trinajstić information content (AvgIpc) is 2.34. The number of rotatable bonds is 3. The summed E-state index contributed by atoms with van der Waals surface area (Å²) in [6.45, 7) is 1.46. The van der Waals surface area contributed by atoms with Gasteiger partial charge in [-0.3, -0.25) is 4.79 Å². The number of carbonyl (C=O) groups excluding carboxylic acids is 1. The fourth-order valence-electron chi connectivity index (χ4n) is 1.55. The lowest BCUT2D eigenvalue weighted by Crippen LogP contribution is -2.10. The van der Waals surface area contributed by atoms with E-state index in [1.54, 1.807) is 18.2 Å². The van der Waals surface area contributed by atoms with Crippen molar-refractivity contribution in [3.8, 4) is 18.1 Å². The number of hydrogen-bond donors (Lipinski definition) is 0. The SMILES string of the molecule is C#CCOc1ccc2cc(C(C)=O)c(=O)oc2c1. The van der Waals surface area contributed by atoms with Crippen molar-refractivity contribution in [1.29, 1.82) is 0 Å². The zero-order valence-electron chi connectivity index (χ0n) is 9.73. The summed E-state index contributed by atoms with van der Waals surface area (Å²) in [5.74, 6) is 2.53. The molecule has 0 spiro atoms. The molecule has 1 heterocycles. The molecule has 0 aliphatic carbocycles. The third-order valence-electron chi connectivity index (χ3n) is 2.41. The van der Waals surface area contributed by atoms with Gasteiger partial charge in [0.25, 0.3) is 0 Å². The van der Waals surface area contributed by atoms with Crippen molar-refractivity contribution in [2.75, 3.05) is 6.61 Å². The van der Waals surface area contributed by atoms with E-state index in [9.17, 15) is 9.59 Å². The standard InChI is InChI=1S/C14H10O4/c1-3-6-17-11-5-4-10-7-12(9(2)15)14(16)18-13(10)8-11/h1,4-5,7-8H,6H2,2H3. The van der Waals surface area contributed by atoms with Crippen LogP contribution < -0.4 is 10.4 Å². The van der Waals surface area contributed by atoms with Gasteiger partial charge in [0.1, 0.15) is 23.5 Å². The van der Waals surface area contributed by atoms with Gasteiger partial charge < -0.3 is 9.15 Å². The highest BCUT2D eigenvalue weighted by atomic mass is 16.5. The Morgan fingerprint density at radius 1 is 1.44 bits per heavy atom. The van der Waals surface area contributed by atoms with E-state index in [0.717, 1.165) is 0 Å². The molecule has 0 fully saturated rings. The molecular formula is C14H10O4. The molecule has 0 bridgehead atoms. The molecule has 0 unspecified atom stereocenters. The highest BCUT2D eigenvalue weighted by molar-refractivity contribution is 5.96. The van der Waals surface area contributed by atoms with Crippen molar-refractivity contribution in [3.05, 3.63) is 40.2 Å². The zero-order chi connectivity index (χ0) is 13.1. The third kappa shape index (κ3) is 2.25. The first-order valence-corrected chi connectivity index (χ1v) is 5.27. The molecule has 1 aromatic heterocycles. The lowest BCUT2D eigenvalue weighted by atomic mass is 10.1. The Morgan fingerprint density at radius 2 is 2.22 bits per heavy atom. The Hall–Kier alpha value is -2.54. The van der Waals surface area contributed by atoms with Crippen LogP contribution in [-0.4, -0.2) is 12.4 Å². The molecule has 0 saturated heterocycles. The molecule has 0 aliphatic rings. The average molecular weight is 242 g/mol. The Morgan fingerprint density at radius 3 is 2.89 bits per heavy atom. The van der Waals surface area contributed by atoms with Crippen LogP contribution in [0.5, 0.6) is 5.75 Å². The van der Waals surface area contributed by atoms with E-state index in [1.165, 1.54) is 13.0 Å². The summed E-state index contributed by atoms with van der Waals surface area (Å²) in [7, 11) is 0. The van der Waals surface area contributed by atoms with Gasteiger partial charge >= 0.3 is 5.63 Å². The Kier molecular flexibility index (Phi) is 3.16. The van der Waals surface area contributed by atoms with E-state index < -0.39 is 5.63 Å². The van der Waals surface area contributed by atoms with Gasteiger partial charge in [-0.05, 0) is 25.1 Å². The Bertz CT molecular complexity index is 704. The number of terminal acetylenes is 1. The highest BCUT2D eigenvalue weighted by Crippen LogP contribution is 2.20. The quantitative estimate of drug-likeness (QED) is 0.469. The molecule has 0 atom stereocenters. The van der Waals surface area contributed by atoms with Crippen LogP contribution in [0.2, 0.25) is 0 Å². The predicted molar refractivity (Wildman–Crippen MR) is 66.8 cm³/mol. The van der Waals surface area contributed by atoms with Crippen LogP contribution in [0.25, 0.3) is 11.0 Å². The lowest BCUT2D eigenvalue weighted by Gasteiger charge is -2.03. The minimum absolute atomic E-state index is 0.0415. The summed E-state index contributed by atoms with van der Waals surface area (Å²) in [6, 6.07) is 6.48. The van der Waals surface area contributed by atoms with Crippen molar-refractivity contribution in [3.63, 3.8) is 0 Å². The summed E-state index contributed by atoms with van der Waals surface area (Å²) in [6.07, 6.45) is 5.08. The van der Waals surface area contributed by atoms with E-state index in [2.05, 4.69) is 5.92 Å². The summed E-state index contributed by atoms with van der Waals surface area (Å²) in [5, 5.41) is 0.660. The molecule has 90 valence electrons. The topological polar surface area (TPSA) is 56.5 Å². The van der Waals surface area contributed by atoms with E-state index in [4.69, 9.17) is 15.6 Å². The summed E-state index contributed by atoms with van der Waals surface area (Å²) in [5.41, 5.74) is -0.247. The number of fused-ring (bicyclic) bond motifs is 1. The fraction of sp³-hybridized carbons (Fsp3) is 0.143. The largest absolute Gasteiger partial charge is 0.481 e. The molecule has 0 amide bonds. The van der Waals surface area contributed by atoms with Gasteiger partial charge in [-0.2, -0.15) is 0 Å². The van der Waals surface area contributed by atoms with Crippen LogP contribution in [-0.2, 0) is 0 Å². The first-order valence-electron chi connectivity index (χ1n) is 5.27. The molecule has 18 heavy (non-hydrogen) atoms. The molecule has 0 N–H and O–H groups in total. The van der Waals surface area contributed by atoms with E-state index in [0.29, 0.717) is 16.7 Å². The van der Waals surface area contributed by atoms with Crippen molar-refractivity contribution >= 4 is 16.8 Å². The van der Waals surface area contributed by atoms with Gasteiger partial charge in [0.05, 0.1) is 0 Å². The van der Waals surface area contributed by atoms with Crippen LogP contribution in [0.15, 0.2) is 33.5 Å². The van der Waals surface area contributed by atoms with E-state index in [1.807, 2.05) is 0 Å². The van der Waals surface area contributed by atoms with Crippen LogP contribution in [0.4, 0.5) is 0 Å². The lowest BCUT2D eigenvalue weighted by molar-refractivity contribution is 0.101. The molecule has 2 aromatic rings. The zero-order valence-corrected chi connectivity index (χ0v) is 9.73. The van der Waals surface area contributed by atoms with Crippen LogP contribution in [0, 0.1) is 12.3 Å². The first kappa shape index (κ1) is 11.9. The van der Waals surface area contributed by atoms with Crippen molar-refractivity contribution in [2.45, 2.75) is 6.92 Å². The monoisotopic (exact) mass is 242 g/mol. The second kappa shape index (κ2) is 4.76. The Balaban J connectivity index is 2.53. The number of ether oxygens (including phenoxy) is 1. The highest BCUT2D eigenvalue weighted by Gasteiger charge is 2.09. The van der Waals surface area contributed by atoms with Crippen LogP contribution in [0.3, 0.4) is 0 Å². The number of carbonyl (C=O) groups is 1. The van der Waals surface area contributed by atoms with Gasteiger partial charge in [-0.15, -0.1) is 6.42 Å². The van der Waals surface area contributed by atoms with E-state index in [-0.39, 0.29) is 18.0 Å². The predicted octanol–water partition coefficient (Wildman–Crippen LogP) is 2.01. The van der Waals surface area contributed by atoms with Gasteiger partial charge in [0.15, 0.2) is 5.78 Å². The first-order chi connectivity index (χ1) is 8.61. The number of Topliss-reactive ketones (excluding diaryl/α,β-unsaturated/α-hetero) is 1. The molecule has 0 saturated carbocycles. The second-order valence-electron chi connectivity index (χ2n) is 3.70. The fourth-order valence-corrected chi connectivity index (χ4v) is 1.55. The molecule has 4 heteroatoms. The number of benzene rings is 1.